The quantitative estimate of drug-likeness (QED) is 0.845. The fourth-order valence-corrected chi connectivity index (χ4v) is 2.39. The fraction of sp³-hybridized carbons (Fsp3) is 0.625. The predicted molar refractivity (Wildman–Crippen MR) is 84.0 cm³/mol. The number of hydrogen-bond acceptors (Lipinski definition) is 2. The second-order valence-corrected chi connectivity index (χ2v) is 6.46. The molecule has 1 saturated carbocycles. The molecular formula is C16H25ClN2. The first kappa shape index (κ1) is 14.7. The number of rotatable bonds is 6. The third kappa shape index (κ3) is 3.87. The number of hydrogen-bond donors (Lipinski definition) is 1. The molecule has 106 valence electrons. The standard InChI is InChI=1S/C16H25ClN2/c1-11(2)12(3)19(4)16-9-14(17)6-5-13(16)10-18-15-7-8-15/h5-6,9,11-12,15,18H,7-8,10H2,1-4H3. The van der Waals surface area contributed by atoms with E-state index in [1.165, 1.54) is 24.1 Å². The zero-order valence-electron chi connectivity index (χ0n) is 12.4. The zero-order chi connectivity index (χ0) is 14.0. The maximum absolute atomic E-state index is 6.17. The molecule has 19 heavy (non-hydrogen) atoms. The molecule has 0 aliphatic heterocycles. The van der Waals surface area contributed by atoms with Crippen LogP contribution < -0.4 is 10.2 Å². The molecule has 1 atom stereocenters. The molecule has 1 aliphatic rings. The van der Waals surface area contributed by atoms with Gasteiger partial charge in [0.2, 0.25) is 0 Å². The van der Waals surface area contributed by atoms with E-state index >= 15 is 0 Å². The van der Waals surface area contributed by atoms with Crippen molar-refractivity contribution in [2.24, 2.45) is 5.92 Å². The Bertz CT molecular complexity index is 427. The topological polar surface area (TPSA) is 15.3 Å². The summed E-state index contributed by atoms with van der Waals surface area (Å²) in [6, 6.07) is 7.46. The van der Waals surface area contributed by atoms with Crippen molar-refractivity contribution < 1.29 is 0 Å². The van der Waals surface area contributed by atoms with Gasteiger partial charge in [-0.2, -0.15) is 0 Å². The Hall–Kier alpha value is -0.730. The molecule has 0 aromatic heterocycles. The molecule has 1 aliphatic carbocycles. The monoisotopic (exact) mass is 280 g/mol. The molecule has 0 radical (unpaired) electrons. The van der Waals surface area contributed by atoms with Crippen molar-refractivity contribution in [3.8, 4) is 0 Å². The van der Waals surface area contributed by atoms with Crippen molar-refractivity contribution in [2.75, 3.05) is 11.9 Å². The minimum atomic E-state index is 0.498. The third-order valence-corrected chi connectivity index (χ3v) is 4.40. The molecule has 0 saturated heterocycles. The third-order valence-electron chi connectivity index (χ3n) is 4.16. The molecule has 3 heteroatoms. The Morgan fingerprint density at radius 3 is 2.58 bits per heavy atom. The van der Waals surface area contributed by atoms with E-state index < -0.39 is 0 Å². The summed E-state index contributed by atoms with van der Waals surface area (Å²) < 4.78 is 0. The first-order chi connectivity index (χ1) is 8.99. The van der Waals surface area contributed by atoms with Gasteiger partial charge in [-0.15, -0.1) is 0 Å². The highest BCUT2D eigenvalue weighted by Crippen LogP contribution is 2.28. The molecule has 2 rings (SSSR count). The molecule has 0 bridgehead atoms. The van der Waals surface area contributed by atoms with Gasteiger partial charge in [-0.1, -0.05) is 31.5 Å². The van der Waals surface area contributed by atoms with Crippen LogP contribution in [0.1, 0.15) is 39.2 Å². The van der Waals surface area contributed by atoms with Crippen LogP contribution in [0.4, 0.5) is 5.69 Å². The van der Waals surface area contributed by atoms with E-state index in [9.17, 15) is 0 Å². The summed E-state index contributed by atoms with van der Waals surface area (Å²) >= 11 is 6.17. The van der Waals surface area contributed by atoms with Crippen LogP contribution in [0.3, 0.4) is 0 Å². The summed E-state index contributed by atoms with van der Waals surface area (Å²) in [5.74, 6) is 0.619. The van der Waals surface area contributed by atoms with Crippen molar-refractivity contribution in [1.82, 2.24) is 5.32 Å². The molecular weight excluding hydrogens is 256 g/mol. The van der Waals surface area contributed by atoms with Crippen molar-refractivity contribution in [3.63, 3.8) is 0 Å². The lowest BCUT2D eigenvalue weighted by molar-refractivity contribution is 0.504. The number of benzene rings is 1. The number of halogens is 1. The van der Waals surface area contributed by atoms with Crippen LogP contribution >= 0.6 is 11.6 Å². The van der Waals surface area contributed by atoms with Gasteiger partial charge in [0.25, 0.3) is 0 Å². The first-order valence-corrected chi connectivity index (χ1v) is 7.61. The minimum Gasteiger partial charge on any atom is -0.371 e. The van der Waals surface area contributed by atoms with E-state index in [4.69, 9.17) is 11.6 Å². The molecule has 1 fully saturated rings. The van der Waals surface area contributed by atoms with E-state index in [0.717, 1.165) is 17.6 Å². The maximum atomic E-state index is 6.17. The van der Waals surface area contributed by atoms with Gasteiger partial charge in [0.1, 0.15) is 0 Å². The predicted octanol–water partition coefficient (Wildman–Crippen LogP) is 4.07. The smallest absolute Gasteiger partial charge is 0.0426 e. The second kappa shape index (κ2) is 6.15. The van der Waals surface area contributed by atoms with Gasteiger partial charge in [0, 0.05) is 36.4 Å². The van der Waals surface area contributed by atoms with Crippen molar-refractivity contribution in [3.05, 3.63) is 28.8 Å². The van der Waals surface area contributed by atoms with Gasteiger partial charge in [-0.25, -0.2) is 0 Å². The maximum Gasteiger partial charge on any atom is 0.0426 e. The zero-order valence-corrected chi connectivity index (χ0v) is 13.2. The molecule has 1 aromatic carbocycles. The molecule has 1 aromatic rings. The lowest BCUT2D eigenvalue weighted by Gasteiger charge is -2.32. The van der Waals surface area contributed by atoms with Crippen LogP contribution in [0.5, 0.6) is 0 Å². The van der Waals surface area contributed by atoms with E-state index in [0.29, 0.717) is 12.0 Å². The lowest BCUT2D eigenvalue weighted by atomic mass is 10.0. The highest BCUT2D eigenvalue weighted by molar-refractivity contribution is 6.30. The summed E-state index contributed by atoms with van der Waals surface area (Å²) in [7, 11) is 2.16. The Morgan fingerprint density at radius 1 is 1.32 bits per heavy atom. The van der Waals surface area contributed by atoms with Gasteiger partial charge in [0.05, 0.1) is 0 Å². The molecule has 0 spiro atoms. The van der Waals surface area contributed by atoms with Crippen LogP contribution in [0, 0.1) is 5.92 Å². The Kier molecular flexibility index (Phi) is 4.75. The molecule has 1 unspecified atom stereocenters. The minimum absolute atomic E-state index is 0.498. The van der Waals surface area contributed by atoms with E-state index in [-0.39, 0.29) is 0 Å². The summed E-state index contributed by atoms with van der Waals surface area (Å²) in [6.07, 6.45) is 2.64. The largest absolute Gasteiger partial charge is 0.371 e. The van der Waals surface area contributed by atoms with Gasteiger partial charge < -0.3 is 10.2 Å². The van der Waals surface area contributed by atoms with E-state index in [2.05, 4.69) is 50.2 Å². The molecule has 2 nitrogen and oxygen atoms in total. The average Bonchev–Trinajstić information content (AvgIpc) is 3.19. The molecule has 0 heterocycles. The lowest BCUT2D eigenvalue weighted by Crippen LogP contribution is -2.34. The van der Waals surface area contributed by atoms with Gasteiger partial charge in [0.15, 0.2) is 0 Å². The van der Waals surface area contributed by atoms with Crippen molar-refractivity contribution in [2.45, 2.75) is 52.2 Å². The van der Waals surface area contributed by atoms with Gasteiger partial charge >= 0.3 is 0 Å². The Morgan fingerprint density at radius 2 is 2.00 bits per heavy atom. The van der Waals surface area contributed by atoms with Gasteiger partial charge in [-0.3, -0.25) is 0 Å². The number of nitrogens with one attached hydrogen (secondary N) is 1. The van der Waals surface area contributed by atoms with E-state index in [1.54, 1.807) is 0 Å². The highest BCUT2D eigenvalue weighted by Gasteiger charge is 2.22. The summed E-state index contributed by atoms with van der Waals surface area (Å²) in [4.78, 5) is 2.35. The van der Waals surface area contributed by atoms with Gasteiger partial charge in [-0.05, 0) is 43.4 Å². The van der Waals surface area contributed by atoms with Crippen LogP contribution in [-0.4, -0.2) is 19.1 Å². The average molecular weight is 281 g/mol. The van der Waals surface area contributed by atoms with Crippen LogP contribution in [0.25, 0.3) is 0 Å². The van der Waals surface area contributed by atoms with E-state index in [1.807, 2.05) is 6.07 Å². The normalized spacial score (nSPS) is 16.7. The molecule has 1 N–H and O–H groups in total. The summed E-state index contributed by atoms with van der Waals surface area (Å²) in [6.45, 7) is 7.72. The number of anilines is 1. The second-order valence-electron chi connectivity index (χ2n) is 6.02. The van der Waals surface area contributed by atoms with Crippen molar-refractivity contribution in [1.29, 1.82) is 0 Å². The van der Waals surface area contributed by atoms with Crippen molar-refractivity contribution >= 4 is 17.3 Å². The Balaban J connectivity index is 2.17. The van der Waals surface area contributed by atoms with Crippen LogP contribution in [-0.2, 0) is 6.54 Å². The fourth-order valence-electron chi connectivity index (χ4n) is 2.22. The summed E-state index contributed by atoms with van der Waals surface area (Å²) in [5.41, 5.74) is 2.59. The van der Waals surface area contributed by atoms with Crippen LogP contribution in [0.15, 0.2) is 18.2 Å². The first-order valence-electron chi connectivity index (χ1n) is 7.23. The van der Waals surface area contributed by atoms with Crippen LogP contribution in [0.2, 0.25) is 5.02 Å². The molecule has 0 amide bonds. The highest BCUT2D eigenvalue weighted by atomic mass is 35.5. The summed E-state index contributed by atoms with van der Waals surface area (Å²) in [5, 5.41) is 4.40. The Labute approximate surface area is 122 Å². The number of nitrogens with zero attached hydrogens (tertiary/aromatic N) is 1. The SMILES string of the molecule is CC(C)C(C)N(C)c1cc(Cl)ccc1CNC1CC1.